The molecule has 0 amide bonds. The van der Waals surface area contributed by atoms with Gasteiger partial charge in [-0.15, -0.1) is 0 Å². The Kier molecular flexibility index (Phi) is 4.52. The van der Waals surface area contributed by atoms with Gasteiger partial charge in [-0.25, -0.2) is 0 Å². The van der Waals surface area contributed by atoms with Crippen LogP contribution in [0.1, 0.15) is 19.0 Å². The number of fused-ring (bicyclic) bond motifs is 1. The molecule has 0 saturated carbocycles. The van der Waals surface area contributed by atoms with Crippen LogP contribution < -0.4 is 0 Å². The number of aromatic nitrogens is 2. The molecule has 0 aliphatic heterocycles. The summed E-state index contributed by atoms with van der Waals surface area (Å²) in [5.74, 6) is 0.720. The van der Waals surface area contributed by atoms with Gasteiger partial charge in [0.1, 0.15) is 0 Å². The summed E-state index contributed by atoms with van der Waals surface area (Å²) in [7, 11) is 0. The number of nitro groups is 1. The highest BCUT2D eigenvalue weighted by Crippen LogP contribution is 2.22. The first-order valence-corrected chi connectivity index (χ1v) is 6.99. The minimum Gasteiger partial charge on any atom is -0.288 e. The second kappa shape index (κ2) is 6.33. The lowest BCUT2D eigenvalue weighted by Crippen LogP contribution is -1.86. The average Bonchev–Trinajstić information content (AvgIpc) is 2.80. The fraction of sp³-hybridized carbons (Fsp3) is 0.231. The van der Waals surface area contributed by atoms with Crippen LogP contribution in [-0.4, -0.2) is 26.0 Å². The quantitative estimate of drug-likeness (QED) is 0.519. The summed E-state index contributed by atoms with van der Waals surface area (Å²) in [5.41, 5.74) is 1.46. The number of nitro benzene ring substituents is 1. The van der Waals surface area contributed by atoms with Crippen LogP contribution in [0.3, 0.4) is 0 Å². The fourth-order valence-corrected chi connectivity index (χ4v) is 2.27. The van der Waals surface area contributed by atoms with E-state index in [0.717, 1.165) is 23.3 Å². The predicted octanol–water partition coefficient (Wildman–Crippen LogP) is 3.15. The summed E-state index contributed by atoms with van der Waals surface area (Å²) >= 11 is 1.27. The van der Waals surface area contributed by atoms with Crippen molar-refractivity contribution >= 4 is 39.5 Å². The van der Waals surface area contributed by atoms with E-state index >= 15 is 0 Å². The molecular formula is C13H13N3O3S. The van der Waals surface area contributed by atoms with E-state index in [2.05, 4.69) is 10.2 Å². The number of benzene rings is 1. The van der Waals surface area contributed by atoms with Gasteiger partial charge in [0.05, 0.1) is 16.1 Å². The molecule has 0 atom stereocenters. The molecular weight excluding hydrogens is 278 g/mol. The van der Waals surface area contributed by atoms with Crippen molar-refractivity contribution in [2.24, 2.45) is 0 Å². The van der Waals surface area contributed by atoms with Crippen LogP contribution >= 0.6 is 11.8 Å². The molecule has 0 unspecified atom stereocenters. The normalized spacial score (nSPS) is 11.2. The Bertz CT molecular complexity index is 679. The third-order valence-electron chi connectivity index (χ3n) is 2.65. The van der Waals surface area contributed by atoms with Crippen molar-refractivity contribution in [3.05, 3.63) is 40.1 Å². The third kappa shape index (κ3) is 3.45. The first-order chi connectivity index (χ1) is 9.58. The first kappa shape index (κ1) is 14.3. The van der Waals surface area contributed by atoms with E-state index in [4.69, 9.17) is 0 Å². The number of hydrogen-bond acceptors (Lipinski definition) is 5. The number of hydrogen-bond donors (Lipinski definition) is 1. The van der Waals surface area contributed by atoms with Gasteiger partial charge in [-0.3, -0.25) is 20.0 Å². The predicted molar refractivity (Wildman–Crippen MR) is 79.5 cm³/mol. The van der Waals surface area contributed by atoms with Gasteiger partial charge in [0, 0.05) is 30.2 Å². The van der Waals surface area contributed by atoms with E-state index in [1.165, 1.54) is 30.8 Å². The van der Waals surface area contributed by atoms with Gasteiger partial charge >= 0.3 is 0 Å². The topological polar surface area (TPSA) is 88.9 Å². The SMILES string of the molecule is CC(=O)SCCC=Cc1[nH]nc2ccc([N+](=O)[O-])cc12. The maximum absolute atomic E-state index is 10.8. The lowest BCUT2D eigenvalue weighted by atomic mass is 10.2. The highest BCUT2D eigenvalue weighted by Gasteiger charge is 2.09. The molecule has 0 radical (unpaired) electrons. The maximum Gasteiger partial charge on any atom is 0.270 e. The van der Waals surface area contributed by atoms with Crippen LogP contribution in [-0.2, 0) is 4.79 Å². The summed E-state index contributed by atoms with van der Waals surface area (Å²) < 4.78 is 0. The molecule has 1 aromatic carbocycles. The molecule has 7 heteroatoms. The molecule has 2 aromatic rings. The zero-order valence-electron chi connectivity index (χ0n) is 10.8. The monoisotopic (exact) mass is 291 g/mol. The zero-order valence-corrected chi connectivity index (χ0v) is 11.6. The summed E-state index contributed by atoms with van der Waals surface area (Å²) in [5, 5.41) is 18.5. The van der Waals surface area contributed by atoms with Crippen molar-refractivity contribution in [2.75, 3.05) is 5.75 Å². The standard InChI is InChI=1S/C13H13N3O3S/c1-9(17)20-7-3-2-4-12-11-8-10(16(18)19)5-6-13(11)15-14-12/h2,4-6,8H,3,7H2,1H3,(H,14,15). The van der Waals surface area contributed by atoms with Crippen LogP contribution in [0.15, 0.2) is 24.3 Å². The third-order valence-corrected chi connectivity index (χ3v) is 3.50. The molecule has 0 bridgehead atoms. The van der Waals surface area contributed by atoms with Crippen LogP contribution in [0, 0.1) is 10.1 Å². The number of H-pyrrole nitrogens is 1. The minimum absolute atomic E-state index is 0.0423. The number of aromatic amines is 1. The van der Waals surface area contributed by atoms with Crippen LogP contribution in [0.4, 0.5) is 5.69 Å². The Morgan fingerprint density at radius 3 is 3.05 bits per heavy atom. The van der Waals surface area contributed by atoms with Crippen molar-refractivity contribution < 1.29 is 9.72 Å². The molecule has 0 spiro atoms. The zero-order chi connectivity index (χ0) is 14.5. The number of nitrogens with one attached hydrogen (secondary N) is 1. The van der Waals surface area contributed by atoms with Crippen molar-refractivity contribution in [3.8, 4) is 0 Å². The molecule has 0 aliphatic carbocycles. The molecule has 2 rings (SSSR count). The van der Waals surface area contributed by atoms with Crippen molar-refractivity contribution in [1.82, 2.24) is 10.2 Å². The maximum atomic E-state index is 10.8. The van der Waals surface area contributed by atoms with Gasteiger partial charge in [0.2, 0.25) is 0 Å². The average molecular weight is 291 g/mol. The van der Waals surface area contributed by atoms with Gasteiger partial charge in [0.25, 0.3) is 5.69 Å². The van der Waals surface area contributed by atoms with Crippen LogP contribution in [0.25, 0.3) is 17.0 Å². The summed E-state index contributed by atoms with van der Waals surface area (Å²) in [4.78, 5) is 21.1. The molecule has 1 aromatic heterocycles. The Hall–Kier alpha value is -2.15. The lowest BCUT2D eigenvalue weighted by Gasteiger charge is -1.93. The lowest BCUT2D eigenvalue weighted by molar-refractivity contribution is -0.384. The van der Waals surface area contributed by atoms with Crippen LogP contribution in [0.2, 0.25) is 0 Å². The smallest absolute Gasteiger partial charge is 0.270 e. The number of thioether (sulfide) groups is 1. The van der Waals surface area contributed by atoms with Crippen LogP contribution in [0.5, 0.6) is 0 Å². The highest BCUT2D eigenvalue weighted by molar-refractivity contribution is 8.13. The van der Waals surface area contributed by atoms with E-state index < -0.39 is 4.92 Å². The van der Waals surface area contributed by atoms with Crippen molar-refractivity contribution in [3.63, 3.8) is 0 Å². The van der Waals surface area contributed by atoms with E-state index in [-0.39, 0.29) is 10.8 Å². The molecule has 104 valence electrons. The Morgan fingerprint density at radius 1 is 1.55 bits per heavy atom. The first-order valence-electron chi connectivity index (χ1n) is 6.00. The molecule has 20 heavy (non-hydrogen) atoms. The van der Waals surface area contributed by atoms with E-state index in [0.29, 0.717) is 5.52 Å². The fourth-order valence-electron chi connectivity index (χ4n) is 1.73. The van der Waals surface area contributed by atoms with Gasteiger partial charge in [0.15, 0.2) is 5.12 Å². The van der Waals surface area contributed by atoms with E-state index in [1.807, 2.05) is 12.2 Å². The molecule has 0 saturated heterocycles. The number of nitrogens with zero attached hydrogens (tertiary/aromatic N) is 2. The molecule has 0 aliphatic rings. The van der Waals surface area contributed by atoms with Gasteiger partial charge in [-0.05, 0) is 18.6 Å². The van der Waals surface area contributed by atoms with Crippen molar-refractivity contribution in [2.45, 2.75) is 13.3 Å². The Morgan fingerprint density at radius 2 is 2.35 bits per heavy atom. The molecule has 6 nitrogen and oxygen atoms in total. The van der Waals surface area contributed by atoms with E-state index in [1.54, 1.807) is 6.07 Å². The molecule has 0 fully saturated rings. The molecule has 1 N–H and O–H groups in total. The largest absolute Gasteiger partial charge is 0.288 e. The Labute approximate surface area is 119 Å². The van der Waals surface area contributed by atoms with Gasteiger partial charge in [-0.1, -0.05) is 17.8 Å². The second-order valence-electron chi connectivity index (χ2n) is 4.13. The number of rotatable bonds is 5. The molecule has 1 heterocycles. The highest BCUT2D eigenvalue weighted by atomic mass is 32.2. The number of non-ortho nitro benzene ring substituents is 1. The summed E-state index contributed by atoms with van der Waals surface area (Å²) in [6, 6.07) is 4.55. The number of carbonyl (C=O) groups excluding carboxylic acids is 1. The summed E-state index contributed by atoms with van der Waals surface area (Å²) in [6.45, 7) is 1.54. The minimum atomic E-state index is -0.427. The van der Waals surface area contributed by atoms with Gasteiger partial charge in [-0.2, -0.15) is 5.10 Å². The second-order valence-corrected chi connectivity index (χ2v) is 5.40. The van der Waals surface area contributed by atoms with E-state index in [9.17, 15) is 14.9 Å². The van der Waals surface area contributed by atoms with Gasteiger partial charge < -0.3 is 0 Å². The number of carbonyl (C=O) groups is 1. The summed E-state index contributed by atoms with van der Waals surface area (Å²) in [6.07, 6.45) is 4.50. The Balaban J connectivity index is 2.13. The van der Waals surface area contributed by atoms with Crippen molar-refractivity contribution in [1.29, 1.82) is 0 Å². The number of allylic oxidation sites excluding steroid dienone is 1.